The Balaban J connectivity index is 1.97. The minimum Gasteiger partial charge on any atom is -0.471 e. The minimum atomic E-state index is -0.391. The lowest BCUT2D eigenvalue weighted by Crippen LogP contribution is -2.38. The minimum absolute atomic E-state index is 0.334. The van der Waals surface area contributed by atoms with Gasteiger partial charge in [0.05, 0.1) is 0 Å². The van der Waals surface area contributed by atoms with E-state index in [-0.39, 0.29) is 0 Å². The second kappa shape index (κ2) is 6.62. The fourth-order valence-electron chi connectivity index (χ4n) is 2.80. The van der Waals surface area contributed by atoms with Crippen molar-refractivity contribution in [2.45, 2.75) is 45.3 Å². The van der Waals surface area contributed by atoms with Crippen LogP contribution in [0.1, 0.15) is 39.3 Å². The number of rotatable bonds is 3. The van der Waals surface area contributed by atoms with E-state index in [0.717, 1.165) is 42.5 Å². The zero-order chi connectivity index (χ0) is 17.2. The highest BCUT2D eigenvalue weighted by Crippen LogP contribution is 2.29. The van der Waals surface area contributed by atoms with Crippen molar-refractivity contribution in [3.05, 3.63) is 24.0 Å². The van der Waals surface area contributed by atoms with E-state index in [1.807, 2.05) is 26.8 Å². The van der Waals surface area contributed by atoms with Crippen LogP contribution >= 0.6 is 0 Å². The van der Waals surface area contributed by atoms with Gasteiger partial charge in [-0.25, -0.2) is 9.97 Å². The molecule has 0 aliphatic carbocycles. The van der Waals surface area contributed by atoms with Gasteiger partial charge in [0.1, 0.15) is 23.2 Å². The van der Waals surface area contributed by atoms with Crippen molar-refractivity contribution in [1.29, 1.82) is 5.26 Å². The van der Waals surface area contributed by atoms with Crippen LogP contribution in [-0.4, -0.2) is 34.7 Å². The normalized spacial score (nSPS) is 18.2. The molecular weight excluding hydrogens is 302 g/mol. The Morgan fingerprint density at radius 2 is 2.21 bits per heavy atom. The summed E-state index contributed by atoms with van der Waals surface area (Å²) in [5.74, 6) is 1.28. The summed E-state index contributed by atoms with van der Waals surface area (Å²) in [5.41, 5.74) is -0.0567. The average molecular weight is 325 g/mol. The summed E-state index contributed by atoms with van der Waals surface area (Å²) in [4.78, 5) is 8.82. The lowest BCUT2D eigenvalue weighted by molar-refractivity contribution is 0.126. The predicted molar refractivity (Wildman–Crippen MR) is 94.1 cm³/mol. The number of nitrogens with zero attached hydrogens (tertiary/aromatic N) is 3. The van der Waals surface area contributed by atoms with Gasteiger partial charge in [-0.2, -0.15) is 5.26 Å². The highest BCUT2D eigenvalue weighted by atomic mass is 16.5. The van der Waals surface area contributed by atoms with Gasteiger partial charge in [-0.3, -0.25) is 0 Å². The Bertz CT molecular complexity index is 769. The van der Waals surface area contributed by atoms with Crippen molar-refractivity contribution in [2.75, 3.05) is 18.4 Å². The van der Waals surface area contributed by atoms with E-state index in [2.05, 4.69) is 26.7 Å². The summed E-state index contributed by atoms with van der Waals surface area (Å²) in [6.45, 7) is 7.92. The van der Waals surface area contributed by atoms with Gasteiger partial charge in [0.25, 0.3) is 0 Å². The molecule has 2 aromatic rings. The third-order valence-corrected chi connectivity index (χ3v) is 3.85. The molecule has 1 atom stereocenters. The van der Waals surface area contributed by atoms with E-state index >= 15 is 0 Å². The predicted octanol–water partition coefficient (Wildman–Crippen LogP) is 2.84. The molecule has 1 saturated heterocycles. The first-order chi connectivity index (χ1) is 11.4. The smallest absolute Gasteiger partial charge is 0.223 e. The highest BCUT2D eigenvalue weighted by Gasteiger charge is 2.18. The SMILES string of the molecule is CC(C)(C)Oc1nc(C#N)cc2cnc(N[C@H]3CCCNC3)cc12. The Kier molecular flexibility index (Phi) is 4.54. The molecule has 3 heterocycles. The summed E-state index contributed by atoms with van der Waals surface area (Å²) in [6.07, 6.45) is 4.06. The maximum Gasteiger partial charge on any atom is 0.223 e. The number of piperidine rings is 1. The third-order valence-electron chi connectivity index (χ3n) is 3.85. The van der Waals surface area contributed by atoms with Crippen molar-refractivity contribution in [3.8, 4) is 11.9 Å². The molecule has 1 aliphatic heterocycles. The van der Waals surface area contributed by atoms with Gasteiger partial charge in [-0.15, -0.1) is 0 Å². The molecule has 0 bridgehead atoms. The molecule has 0 spiro atoms. The Hall–Kier alpha value is -2.39. The second-order valence-electron chi connectivity index (χ2n) is 7.12. The van der Waals surface area contributed by atoms with Crippen molar-refractivity contribution in [3.63, 3.8) is 0 Å². The fraction of sp³-hybridized carbons (Fsp3) is 0.500. The molecule has 0 radical (unpaired) electrons. The summed E-state index contributed by atoms with van der Waals surface area (Å²) in [5, 5.41) is 17.8. The molecule has 126 valence electrons. The molecular formula is C18H23N5O. The zero-order valence-electron chi connectivity index (χ0n) is 14.4. The van der Waals surface area contributed by atoms with E-state index in [1.165, 1.54) is 0 Å². The van der Waals surface area contributed by atoms with Crippen LogP contribution in [0, 0.1) is 11.3 Å². The van der Waals surface area contributed by atoms with Crippen molar-refractivity contribution >= 4 is 16.6 Å². The van der Waals surface area contributed by atoms with Gasteiger partial charge < -0.3 is 15.4 Å². The molecule has 24 heavy (non-hydrogen) atoms. The summed E-state index contributed by atoms with van der Waals surface area (Å²) in [6, 6.07) is 6.16. The van der Waals surface area contributed by atoms with Crippen molar-refractivity contribution < 1.29 is 4.74 Å². The van der Waals surface area contributed by atoms with E-state index in [1.54, 1.807) is 12.3 Å². The van der Waals surface area contributed by atoms with E-state index in [9.17, 15) is 5.26 Å². The average Bonchev–Trinajstić information content (AvgIpc) is 2.54. The summed E-state index contributed by atoms with van der Waals surface area (Å²) < 4.78 is 5.97. The van der Waals surface area contributed by atoms with Crippen LogP contribution in [0.2, 0.25) is 0 Å². The molecule has 2 aromatic heterocycles. The Labute approximate surface area is 142 Å². The standard InChI is InChI=1S/C18H23N5O/c1-18(2,3)24-17-15-8-16(22-13-5-4-6-20-11-13)21-10-12(15)7-14(9-19)23-17/h7-8,10,13,20H,4-6,11H2,1-3H3,(H,21,22)/t13-/m0/s1. The van der Waals surface area contributed by atoms with Crippen LogP contribution in [0.4, 0.5) is 5.82 Å². The number of hydrogen-bond donors (Lipinski definition) is 2. The molecule has 0 saturated carbocycles. The van der Waals surface area contributed by atoms with Crippen LogP contribution in [0.5, 0.6) is 5.88 Å². The van der Waals surface area contributed by atoms with Crippen LogP contribution in [-0.2, 0) is 0 Å². The maximum atomic E-state index is 9.18. The van der Waals surface area contributed by atoms with E-state index in [0.29, 0.717) is 17.6 Å². The second-order valence-corrected chi connectivity index (χ2v) is 7.12. The lowest BCUT2D eigenvalue weighted by Gasteiger charge is -2.25. The Morgan fingerprint density at radius 3 is 2.88 bits per heavy atom. The quantitative estimate of drug-likeness (QED) is 0.903. The van der Waals surface area contributed by atoms with Gasteiger partial charge in [0.15, 0.2) is 0 Å². The summed E-state index contributed by atoms with van der Waals surface area (Å²) >= 11 is 0. The monoisotopic (exact) mass is 325 g/mol. The maximum absolute atomic E-state index is 9.18. The van der Waals surface area contributed by atoms with Gasteiger partial charge in [-0.05, 0) is 52.3 Å². The molecule has 0 amide bonds. The van der Waals surface area contributed by atoms with Gasteiger partial charge in [0.2, 0.25) is 5.88 Å². The molecule has 6 nitrogen and oxygen atoms in total. The molecule has 2 N–H and O–H groups in total. The van der Waals surface area contributed by atoms with Gasteiger partial charge in [0, 0.05) is 29.6 Å². The number of anilines is 1. The lowest BCUT2D eigenvalue weighted by atomic mass is 10.1. The number of pyridine rings is 2. The number of aromatic nitrogens is 2. The molecule has 1 fully saturated rings. The van der Waals surface area contributed by atoms with Crippen LogP contribution in [0.25, 0.3) is 10.8 Å². The first-order valence-corrected chi connectivity index (χ1v) is 8.32. The van der Waals surface area contributed by atoms with Crippen LogP contribution in [0.3, 0.4) is 0 Å². The number of hydrogen-bond acceptors (Lipinski definition) is 6. The zero-order valence-corrected chi connectivity index (χ0v) is 14.4. The van der Waals surface area contributed by atoms with Crippen molar-refractivity contribution in [2.24, 2.45) is 0 Å². The fourth-order valence-corrected chi connectivity index (χ4v) is 2.80. The molecule has 3 rings (SSSR count). The number of ether oxygens (including phenoxy) is 1. The first kappa shape index (κ1) is 16.5. The molecule has 1 aliphatic rings. The number of nitriles is 1. The molecule has 0 aromatic carbocycles. The summed E-state index contributed by atoms with van der Waals surface area (Å²) in [7, 11) is 0. The Morgan fingerprint density at radius 1 is 1.38 bits per heavy atom. The molecule has 6 heteroatoms. The third kappa shape index (κ3) is 3.92. The van der Waals surface area contributed by atoms with Gasteiger partial charge >= 0.3 is 0 Å². The highest BCUT2D eigenvalue weighted by molar-refractivity contribution is 5.89. The van der Waals surface area contributed by atoms with Crippen molar-refractivity contribution in [1.82, 2.24) is 15.3 Å². The van der Waals surface area contributed by atoms with E-state index < -0.39 is 5.60 Å². The first-order valence-electron chi connectivity index (χ1n) is 8.32. The van der Waals surface area contributed by atoms with Crippen LogP contribution in [0.15, 0.2) is 18.3 Å². The van der Waals surface area contributed by atoms with E-state index in [4.69, 9.17) is 4.74 Å². The number of fused-ring (bicyclic) bond motifs is 1. The van der Waals surface area contributed by atoms with Crippen LogP contribution < -0.4 is 15.4 Å². The number of nitrogens with one attached hydrogen (secondary N) is 2. The topological polar surface area (TPSA) is 82.9 Å². The van der Waals surface area contributed by atoms with Gasteiger partial charge in [-0.1, -0.05) is 0 Å². The molecule has 0 unspecified atom stereocenters. The largest absolute Gasteiger partial charge is 0.471 e.